The Kier molecular flexibility index (Phi) is 3.75. The molecule has 0 bridgehead atoms. The van der Waals surface area contributed by atoms with Crippen LogP contribution in [0.2, 0.25) is 0 Å². The fourth-order valence-corrected chi connectivity index (χ4v) is 1.77. The lowest BCUT2D eigenvalue weighted by atomic mass is 10.1. The summed E-state index contributed by atoms with van der Waals surface area (Å²) in [6.45, 7) is 1.91. The van der Waals surface area contributed by atoms with Gasteiger partial charge in [0.15, 0.2) is 5.78 Å². The van der Waals surface area contributed by atoms with E-state index in [2.05, 4.69) is 5.10 Å². The Labute approximate surface area is 110 Å². The van der Waals surface area contributed by atoms with Crippen LogP contribution in [-0.4, -0.2) is 28.6 Å². The van der Waals surface area contributed by atoms with Gasteiger partial charge < -0.3 is 4.74 Å². The number of rotatable bonds is 4. The van der Waals surface area contributed by atoms with E-state index in [-0.39, 0.29) is 11.8 Å². The molecular weight excluding hydrogens is 244 g/mol. The van der Waals surface area contributed by atoms with Crippen molar-refractivity contribution in [3.8, 4) is 0 Å². The van der Waals surface area contributed by atoms with Crippen molar-refractivity contribution in [1.82, 2.24) is 9.78 Å². The van der Waals surface area contributed by atoms with Gasteiger partial charge in [0.1, 0.15) is 0 Å². The smallest absolute Gasteiger partial charge is 0.338 e. The molecule has 5 nitrogen and oxygen atoms in total. The van der Waals surface area contributed by atoms with E-state index < -0.39 is 0 Å². The summed E-state index contributed by atoms with van der Waals surface area (Å²) in [6, 6.07) is 7.16. The lowest BCUT2D eigenvalue weighted by Gasteiger charge is -2.07. The van der Waals surface area contributed by atoms with Crippen LogP contribution in [-0.2, 0) is 11.3 Å². The second kappa shape index (κ2) is 5.48. The Bertz CT molecular complexity index is 617. The first-order chi connectivity index (χ1) is 9.11. The fraction of sp³-hybridized carbons (Fsp3) is 0.214. The van der Waals surface area contributed by atoms with Gasteiger partial charge in [0.2, 0.25) is 0 Å². The summed E-state index contributed by atoms with van der Waals surface area (Å²) in [4.78, 5) is 22.8. The third-order valence-corrected chi connectivity index (χ3v) is 2.79. The molecule has 0 saturated carbocycles. The number of esters is 1. The minimum Gasteiger partial charge on any atom is -0.465 e. The predicted octanol–water partition coefficient (Wildman–Crippen LogP) is 1.92. The summed E-state index contributed by atoms with van der Waals surface area (Å²) in [5.74, 6) is -0.415. The van der Waals surface area contributed by atoms with Gasteiger partial charge in [-0.1, -0.05) is 18.2 Å². The van der Waals surface area contributed by atoms with Gasteiger partial charge in [-0.2, -0.15) is 5.10 Å². The first-order valence-electron chi connectivity index (χ1n) is 5.81. The molecule has 0 aliphatic heterocycles. The molecule has 5 heteroatoms. The molecule has 0 aliphatic rings. The van der Waals surface area contributed by atoms with Crippen molar-refractivity contribution >= 4 is 11.8 Å². The monoisotopic (exact) mass is 258 g/mol. The van der Waals surface area contributed by atoms with E-state index >= 15 is 0 Å². The summed E-state index contributed by atoms with van der Waals surface area (Å²) in [5, 5.41) is 4.10. The maximum absolute atomic E-state index is 11.6. The van der Waals surface area contributed by atoms with Gasteiger partial charge in [-0.25, -0.2) is 4.79 Å². The highest BCUT2D eigenvalue weighted by atomic mass is 16.5. The number of methoxy groups -OCH3 is 1. The number of carbonyl (C=O) groups excluding carboxylic acids is 2. The van der Waals surface area contributed by atoms with Gasteiger partial charge in [-0.15, -0.1) is 0 Å². The van der Waals surface area contributed by atoms with E-state index in [4.69, 9.17) is 4.74 Å². The lowest BCUT2D eigenvalue weighted by Crippen LogP contribution is -2.09. The number of hydrogen-bond donors (Lipinski definition) is 0. The number of hydrogen-bond acceptors (Lipinski definition) is 4. The van der Waals surface area contributed by atoms with Crippen LogP contribution in [0.4, 0.5) is 0 Å². The second-order valence-electron chi connectivity index (χ2n) is 4.13. The molecule has 2 aromatic rings. The van der Waals surface area contributed by atoms with Gasteiger partial charge in [0.05, 0.1) is 31.0 Å². The highest BCUT2D eigenvalue weighted by molar-refractivity contribution is 5.93. The normalized spacial score (nSPS) is 10.2. The summed E-state index contributed by atoms with van der Waals surface area (Å²) in [6.07, 6.45) is 3.18. The summed E-state index contributed by atoms with van der Waals surface area (Å²) in [7, 11) is 1.35. The molecular formula is C14H14N2O3. The molecule has 0 fully saturated rings. The Balaban J connectivity index is 2.27. The van der Waals surface area contributed by atoms with E-state index in [1.165, 1.54) is 20.2 Å². The van der Waals surface area contributed by atoms with Crippen molar-refractivity contribution in [2.45, 2.75) is 13.5 Å². The predicted molar refractivity (Wildman–Crippen MR) is 69.1 cm³/mol. The van der Waals surface area contributed by atoms with Crippen molar-refractivity contribution in [2.75, 3.05) is 7.11 Å². The number of nitrogens with zero attached hydrogens (tertiary/aromatic N) is 2. The van der Waals surface area contributed by atoms with Crippen LogP contribution in [0.5, 0.6) is 0 Å². The van der Waals surface area contributed by atoms with Crippen LogP contribution in [0.15, 0.2) is 36.7 Å². The van der Waals surface area contributed by atoms with Crippen LogP contribution in [0.1, 0.15) is 33.2 Å². The van der Waals surface area contributed by atoms with Crippen LogP contribution < -0.4 is 0 Å². The molecule has 0 spiro atoms. The third-order valence-electron chi connectivity index (χ3n) is 2.79. The molecule has 0 unspecified atom stereocenters. The van der Waals surface area contributed by atoms with E-state index in [1.807, 2.05) is 12.1 Å². The minimum atomic E-state index is -0.380. The first-order valence-corrected chi connectivity index (χ1v) is 5.81. The van der Waals surface area contributed by atoms with E-state index in [0.29, 0.717) is 17.7 Å². The largest absolute Gasteiger partial charge is 0.465 e. The molecule has 98 valence electrons. The number of aromatic nitrogens is 2. The maximum Gasteiger partial charge on any atom is 0.338 e. The molecule has 1 aromatic heterocycles. The second-order valence-corrected chi connectivity index (χ2v) is 4.13. The molecule has 0 atom stereocenters. The Hall–Kier alpha value is -2.43. The average Bonchev–Trinajstić information content (AvgIpc) is 2.87. The number of ether oxygens (including phenoxy) is 1. The number of ketones is 1. The molecule has 0 N–H and O–H groups in total. The van der Waals surface area contributed by atoms with Crippen molar-refractivity contribution < 1.29 is 14.3 Å². The molecule has 0 aliphatic carbocycles. The van der Waals surface area contributed by atoms with E-state index in [9.17, 15) is 9.59 Å². The van der Waals surface area contributed by atoms with Crippen molar-refractivity contribution in [1.29, 1.82) is 0 Å². The van der Waals surface area contributed by atoms with Crippen molar-refractivity contribution in [2.24, 2.45) is 0 Å². The van der Waals surface area contributed by atoms with Gasteiger partial charge in [0.25, 0.3) is 0 Å². The fourth-order valence-electron chi connectivity index (χ4n) is 1.77. The Morgan fingerprint density at radius 1 is 1.32 bits per heavy atom. The quantitative estimate of drug-likeness (QED) is 0.621. The summed E-state index contributed by atoms with van der Waals surface area (Å²) < 4.78 is 6.36. The maximum atomic E-state index is 11.6. The number of carbonyl (C=O) groups is 2. The topological polar surface area (TPSA) is 61.2 Å². The standard InChI is InChI=1S/C14H14N2O3/c1-10(17)12-7-15-16(9-12)8-11-5-3-4-6-13(11)14(18)19-2/h3-7,9H,8H2,1-2H3. The Morgan fingerprint density at radius 2 is 2.05 bits per heavy atom. The molecule has 1 aromatic carbocycles. The first kappa shape index (κ1) is 13.0. The number of benzene rings is 1. The lowest BCUT2D eigenvalue weighted by molar-refractivity contribution is 0.0599. The van der Waals surface area contributed by atoms with Crippen LogP contribution in [0, 0.1) is 0 Å². The van der Waals surface area contributed by atoms with Crippen molar-refractivity contribution in [3.05, 3.63) is 53.3 Å². The zero-order chi connectivity index (χ0) is 13.8. The summed E-state index contributed by atoms with van der Waals surface area (Å²) in [5.41, 5.74) is 1.85. The highest BCUT2D eigenvalue weighted by Crippen LogP contribution is 2.12. The zero-order valence-corrected chi connectivity index (χ0v) is 10.8. The van der Waals surface area contributed by atoms with Crippen LogP contribution in [0.3, 0.4) is 0 Å². The SMILES string of the molecule is COC(=O)c1ccccc1Cn1cc(C(C)=O)cn1. The van der Waals surface area contributed by atoms with Gasteiger partial charge in [-0.05, 0) is 18.6 Å². The van der Waals surface area contributed by atoms with Gasteiger partial charge in [-0.3, -0.25) is 9.48 Å². The molecule has 0 saturated heterocycles. The van der Waals surface area contributed by atoms with Gasteiger partial charge in [0, 0.05) is 6.20 Å². The molecule has 19 heavy (non-hydrogen) atoms. The molecule has 1 heterocycles. The summed E-state index contributed by atoms with van der Waals surface area (Å²) >= 11 is 0. The van der Waals surface area contributed by atoms with Crippen LogP contribution >= 0.6 is 0 Å². The average molecular weight is 258 g/mol. The van der Waals surface area contributed by atoms with Gasteiger partial charge >= 0.3 is 5.97 Å². The number of Topliss-reactive ketones (excluding diaryl/α,β-unsaturated/α-hetero) is 1. The third kappa shape index (κ3) is 2.88. The van der Waals surface area contributed by atoms with Crippen LogP contribution in [0.25, 0.3) is 0 Å². The van der Waals surface area contributed by atoms with Crippen molar-refractivity contribution in [3.63, 3.8) is 0 Å². The van der Waals surface area contributed by atoms with E-state index in [0.717, 1.165) is 5.56 Å². The molecule has 2 rings (SSSR count). The highest BCUT2D eigenvalue weighted by Gasteiger charge is 2.12. The minimum absolute atomic E-state index is 0.0347. The Morgan fingerprint density at radius 3 is 2.68 bits per heavy atom. The molecule has 0 radical (unpaired) electrons. The van der Waals surface area contributed by atoms with E-state index in [1.54, 1.807) is 23.0 Å². The molecule has 0 amide bonds. The zero-order valence-electron chi connectivity index (χ0n) is 10.8.